The molecular formula is C13H12N2O4. The summed E-state index contributed by atoms with van der Waals surface area (Å²) >= 11 is 0. The Kier molecular flexibility index (Phi) is 3.33. The van der Waals surface area contributed by atoms with Crippen molar-refractivity contribution in [1.82, 2.24) is 9.55 Å². The summed E-state index contributed by atoms with van der Waals surface area (Å²) in [5.41, 5.74) is -0.224. The van der Waals surface area contributed by atoms with Crippen molar-refractivity contribution in [3.05, 3.63) is 46.5 Å². The second-order valence-electron chi connectivity index (χ2n) is 3.92. The molecule has 0 atom stereocenters. The average molecular weight is 260 g/mol. The predicted molar refractivity (Wildman–Crippen MR) is 68.4 cm³/mol. The lowest BCUT2D eigenvalue weighted by molar-refractivity contribution is 0.0694. The summed E-state index contributed by atoms with van der Waals surface area (Å²) in [6, 6.07) is 6.68. The third-order valence-corrected chi connectivity index (χ3v) is 2.71. The minimum absolute atomic E-state index is 0.151. The van der Waals surface area contributed by atoms with Gasteiger partial charge in [0.25, 0.3) is 5.56 Å². The van der Waals surface area contributed by atoms with E-state index in [0.29, 0.717) is 11.3 Å². The first kappa shape index (κ1) is 12.8. The molecule has 0 spiro atoms. The number of carboxylic acids is 1. The maximum absolute atomic E-state index is 11.8. The summed E-state index contributed by atoms with van der Waals surface area (Å²) in [5, 5.41) is 9.15. The Morgan fingerprint density at radius 2 is 1.95 bits per heavy atom. The lowest BCUT2D eigenvalue weighted by Gasteiger charge is -2.07. The molecule has 19 heavy (non-hydrogen) atoms. The largest absolute Gasteiger partial charge is 0.497 e. The molecule has 6 nitrogen and oxygen atoms in total. The zero-order valence-electron chi connectivity index (χ0n) is 10.5. The van der Waals surface area contributed by atoms with Crippen molar-refractivity contribution >= 4 is 5.97 Å². The molecule has 0 fully saturated rings. The molecule has 2 rings (SSSR count). The second kappa shape index (κ2) is 4.93. The number of aryl methyl sites for hydroxylation is 1. The van der Waals surface area contributed by atoms with Crippen molar-refractivity contribution in [3.63, 3.8) is 0 Å². The number of carboxylic acid groups (broad SMARTS) is 1. The van der Waals surface area contributed by atoms with Crippen LogP contribution in [0.2, 0.25) is 0 Å². The molecule has 0 aliphatic rings. The number of hydrogen-bond donors (Lipinski definition) is 1. The number of benzene rings is 1. The fourth-order valence-corrected chi connectivity index (χ4v) is 1.70. The average Bonchev–Trinajstić information content (AvgIpc) is 2.41. The lowest BCUT2D eigenvalue weighted by Crippen LogP contribution is -2.26. The van der Waals surface area contributed by atoms with E-state index in [-0.39, 0.29) is 11.3 Å². The Hall–Kier alpha value is -2.63. The first-order chi connectivity index (χ1) is 9.04. The molecule has 1 aromatic heterocycles. The van der Waals surface area contributed by atoms with Gasteiger partial charge in [-0.05, 0) is 24.3 Å². The van der Waals surface area contributed by atoms with Crippen LogP contribution in [0.25, 0.3) is 11.3 Å². The van der Waals surface area contributed by atoms with E-state index in [4.69, 9.17) is 9.84 Å². The van der Waals surface area contributed by atoms with Gasteiger partial charge in [0.1, 0.15) is 5.75 Å². The molecule has 2 aromatic rings. The number of hydrogen-bond acceptors (Lipinski definition) is 4. The van der Waals surface area contributed by atoms with Gasteiger partial charge in [0.15, 0.2) is 5.56 Å². The molecule has 0 amide bonds. The van der Waals surface area contributed by atoms with E-state index in [2.05, 4.69) is 4.98 Å². The zero-order chi connectivity index (χ0) is 14.0. The molecular weight excluding hydrogens is 248 g/mol. The fourth-order valence-electron chi connectivity index (χ4n) is 1.70. The van der Waals surface area contributed by atoms with Gasteiger partial charge in [-0.2, -0.15) is 0 Å². The highest BCUT2D eigenvalue weighted by Gasteiger charge is 2.18. The molecule has 0 bridgehead atoms. The van der Waals surface area contributed by atoms with E-state index in [1.807, 2.05) is 0 Å². The minimum Gasteiger partial charge on any atom is -0.497 e. The SMILES string of the molecule is COc1ccc(-c2ncn(C)c(=O)c2C(=O)O)cc1. The highest BCUT2D eigenvalue weighted by molar-refractivity contribution is 5.94. The monoisotopic (exact) mass is 260 g/mol. The van der Waals surface area contributed by atoms with Crippen LogP contribution in [-0.2, 0) is 7.05 Å². The van der Waals surface area contributed by atoms with E-state index >= 15 is 0 Å². The number of ether oxygens (including phenoxy) is 1. The molecule has 98 valence electrons. The Balaban J connectivity index is 2.64. The van der Waals surface area contributed by atoms with Crippen LogP contribution in [0.1, 0.15) is 10.4 Å². The Labute approximate surface area is 108 Å². The van der Waals surface area contributed by atoms with Gasteiger partial charge in [-0.3, -0.25) is 4.79 Å². The second-order valence-corrected chi connectivity index (χ2v) is 3.92. The number of rotatable bonds is 3. The fraction of sp³-hybridized carbons (Fsp3) is 0.154. The third-order valence-electron chi connectivity index (χ3n) is 2.71. The summed E-state index contributed by atoms with van der Waals surface area (Å²) in [6.45, 7) is 0. The summed E-state index contributed by atoms with van der Waals surface area (Å²) in [4.78, 5) is 27.1. The van der Waals surface area contributed by atoms with Crippen LogP contribution in [-0.4, -0.2) is 27.7 Å². The Bertz CT molecular complexity index is 674. The van der Waals surface area contributed by atoms with Gasteiger partial charge in [0.2, 0.25) is 0 Å². The van der Waals surface area contributed by atoms with Gasteiger partial charge >= 0.3 is 5.97 Å². The standard InChI is InChI=1S/C13H12N2O4/c1-15-7-14-11(10(12(15)16)13(17)18)8-3-5-9(19-2)6-4-8/h3-7H,1-2H3,(H,17,18). The van der Waals surface area contributed by atoms with Crippen LogP contribution in [0.4, 0.5) is 0 Å². The maximum atomic E-state index is 11.8. The molecule has 0 aliphatic heterocycles. The normalized spacial score (nSPS) is 10.2. The van der Waals surface area contributed by atoms with Gasteiger partial charge in [0, 0.05) is 12.6 Å². The van der Waals surface area contributed by atoms with Crippen LogP contribution in [0.15, 0.2) is 35.4 Å². The van der Waals surface area contributed by atoms with E-state index in [1.165, 1.54) is 20.5 Å². The van der Waals surface area contributed by atoms with Crippen molar-refractivity contribution in [2.45, 2.75) is 0 Å². The highest BCUT2D eigenvalue weighted by Crippen LogP contribution is 2.22. The van der Waals surface area contributed by atoms with Crippen LogP contribution < -0.4 is 10.3 Å². The van der Waals surface area contributed by atoms with Gasteiger partial charge in [-0.15, -0.1) is 0 Å². The summed E-state index contributed by atoms with van der Waals surface area (Å²) < 4.78 is 6.16. The molecule has 0 aliphatic carbocycles. The van der Waals surface area contributed by atoms with Crippen LogP contribution in [0, 0.1) is 0 Å². The molecule has 0 unspecified atom stereocenters. The summed E-state index contributed by atoms with van der Waals surface area (Å²) in [6.07, 6.45) is 1.30. The van der Waals surface area contributed by atoms with Gasteiger partial charge < -0.3 is 14.4 Å². The van der Waals surface area contributed by atoms with Crippen LogP contribution >= 0.6 is 0 Å². The molecule has 1 N–H and O–H groups in total. The summed E-state index contributed by atoms with van der Waals surface area (Å²) in [5.74, 6) is -0.649. The molecule has 0 saturated carbocycles. The molecule has 0 saturated heterocycles. The van der Waals surface area contributed by atoms with Crippen molar-refractivity contribution in [2.24, 2.45) is 7.05 Å². The first-order valence-electron chi connectivity index (χ1n) is 5.48. The quantitative estimate of drug-likeness (QED) is 0.895. The third kappa shape index (κ3) is 2.33. The number of carbonyl (C=O) groups is 1. The summed E-state index contributed by atoms with van der Waals surface area (Å²) in [7, 11) is 2.99. The number of aromatic carboxylic acids is 1. The van der Waals surface area contributed by atoms with Gasteiger partial charge in [-0.1, -0.05) is 0 Å². The van der Waals surface area contributed by atoms with Crippen molar-refractivity contribution in [1.29, 1.82) is 0 Å². The number of nitrogens with zero attached hydrogens (tertiary/aromatic N) is 2. The minimum atomic E-state index is -1.29. The van der Waals surface area contributed by atoms with Gasteiger partial charge in [0.05, 0.1) is 19.1 Å². The van der Waals surface area contributed by atoms with E-state index in [0.717, 1.165) is 4.57 Å². The number of aromatic nitrogens is 2. The molecule has 1 aromatic carbocycles. The van der Waals surface area contributed by atoms with E-state index < -0.39 is 11.5 Å². The molecule has 1 heterocycles. The maximum Gasteiger partial charge on any atom is 0.343 e. The Morgan fingerprint density at radius 1 is 1.32 bits per heavy atom. The lowest BCUT2D eigenvalue weighted by atomic mass is 10.1. The topological polar surface area (TPSA) is 81.4 Å². The van der Waals surface area contributed by atoms with Crippen molar-refractivity contribution in [3.8, 4) is 17.0 Å². The zero-order valence-corrected chi connectivity index (χ0v) is 10.5. The highest BCUT2D eigenvalue weighted by atomic mass is 16.5. The molecule has 0 radical (unpaired) electrons. The van der Waals surface area contributed by atoms with E-state index in [1.54, 1.807) is 24.3 Å². The van der Waals surface area contributed by atoms with Crippen LogP contribution in [0.3, 0.4) is 0 Å². The van der Waals surface area contributed by atoms with Gasteiger partial charge in [-0.25, -0.2) is 9.78 Å². The predicted octanol–water partition coefficient (Wildman–Crippen LogP) is 1.15. The smallest absolute Gasteiger partial charge is 0.343 e. The van der Waals surface area contributed by atoms with Crippen LogP contribution in [0.5, 0.6) is 5.75 Å². The van der Waals surface area contributed by atoms with Crippen molar-refractivity contribution < 1.29 is 14.6 Å². The number of methoxy groups -OCH3 is 1. The molecule has 6 heteroatoms. The first-order valence-corrected chi connectivity index (χ1v) is 5.48. The Morgan fingerprint density at radius 3 is 2.47 bits per heavy atom. The van der Waals surface area contributed by atoms with E-state index in [9.17, 15) is 9.59 Å². The van der Waals surface area contributed by atoms with Crippen molar-refractivity contribution in [2.75, 3.05) is 7.11 Å².